The highest BCUT2D eigenvalue weighted by Gasteiger charge is 2.48. The van der Waals surface area contributed by atoms with Crippen molar-refractivity contribution in [3.8, 4) is 0 Å². The summed E-state index contributed by atoms with van der Waals surface area (Å²) in [5, 5.41) is 3.12. The Hall–Kier alpha value is -1.26. The first-order valence-electron chi connectivity index (χ1n) is 22.4. The lowest BCUT2D eigenvalue weighted by Gasteiger charge is -2.42. The maximum atomic E-state index is 14.8. The number of nitrogens with zero attached hydrogens (tertiary/aromatic N) is 1. The molecule has 0 aromatic carbocycles. The Morgan fingerprint density at radius 3 is 1.89 bits per heavy atom. The maximum Gasteiger partial charge on any atom is 0.508 e. The van der Waals surface area contributed by atoms with Crippen LogP contribution in [0.4, 0.5) is 4.79 Å². The number of halogens is 3. The molecule has 0 unspecified atom stereocenters. The van der Waals surface area contributed by atoms with E-state index in [2.05, 4.69) is 77.9 Å². The van der Waals surface area contributed by atoms with Crippen LogP contribution in [0.5, 0.6) is 0 Å². The van der Waals surface area contributed by atoms with Crippen LogP contribution >= 0.6 is 46.1 Å². The number of carbonyl (C=O) groups excluding carboxylic acids is 3. The van der Waals surface area contributed by atoms with Gasteiger partial charge in [0, 0.05) is 10.8 Å². The van der Waals surface area contributed by atoms with Crippen molar-refractivity contribution in [1.29, 1.82) is 0 Å². The van der Waals surface area contributed by atoms with Crippen molar-refractivity contribution in [1.82, 2.24) is 4.98 Å². The summed E-state index contributed by atoms with van der Waals surface area (Å²) in [6.45, 7) is 31.7. The average molecular weight is 970 g/mol. The summed E-state index contributed by atoms with van der Waals surface area (Å²) in [5.74, 6) is -1.67. The van der Waals surface area contributed by atoms with Gasteiger partial charge < -0.3 is 23.1 Å². The summed E-state index contributed by atoms with van der Waals surface area (Å²) >= 11 is 19.3. The van der Waals surface area contributed by atoms with Crippen LogP contribution in [0.2, 0.25) is 36.3 Å². The van der Waals surface area contributed by atoms with Gasteiger partial charge in [0.15, 0.2) is 16.6 Å². The molecule has 0 saturated heterocycles. The molecule has 1 rings (SSSR count). The predicted octanol–water partition coefficient (Wildman–Crippen LogP) is 14.6. The monoisotopic (exact) mass is 967 g/mol. The molecule has 0 N–H and O–H groups in total. The molecule has 0 saturated carbocycles. The lowest BCUT2D eigenvalue weighted by atomic mass is 9.73. The smallest absolute Gasteiger partial charge is 0.460 e. The SMILES string of the molecule is CC[Si](CC)(CC)O[C@@H](C/C=C(/C)CCC[C@H](C)[C@H](OC(=O)OCC(Cl)(Cl)Cl)[C@@H](C)C(=O)C(C)(C)[C@H](CC(=O)OC(C)(C)C)O[Si](CC)(CC)CC)/C(C)=C/c1csc(C)n1. The molecule has 0 aliphatic heterocycles. The van der Waals surface area contributed by atoms with E-state index in [4.69, 9.17) is 57.9 Å². The van der Waals surface area contributed by atoms with E-state index in [0.717, 1.165) is 66.2 Å². The Bertz CT molecular complexity index is 1560. The number of esters is 1. The standard InChI is InChI=1S/C46H80Cl3NO8SSi2/c1-17-60(18-2,19-3)57-38(34(9)28-37-30-59-36(11)50-37)27-26-32(7)24-23-25-33(8)41(55-43(53)54-31-46(47,48)49)35(10)42(52)45(15,16)39(29-40(51)56-44(12,13)14)58-61(20-4,21-5)22-6/h26,28,30,33,35,38-39,41H,17-25,27,29,31H2,1-16H3/b32-26-,34-28+/t33-,35+,38-,39-,41-/m0/s1. The van der Waals surface area contributed by atoms with Crippen LogP contribution in [0.3, 0.4) is 0 Å². The lowest BCUT2D eigenvalue weighted by Crippen LogP contribution is -2.52. The minimum Gasteiger partial charge on any atom is -0.460 e. The fourth-order valence-corrected chi connectivity index (χ4v) is 14.5. The molecule has 1 heterocycles. The molecule has 0 aliphatic carbocycles. The topological polar surface area (TPSA) is 110 Å². The zero-order chi connectivity index (χ0) is 47.0. The largest absolute Gasteiger partial charge is 0.508 e. The molecule has 0 fully saturated rings. The second-order valence-corrected chi connectivity index (χ2v) is 31.5. The number of hydrogen-bond donors (Lipinski definition) is 0. The molecule has 0 bridgehead atoms. The summed E-state index contributed by atoms with van der Waals surface area (Å²) in [4.78, 5) is 45.9. The van der Waals surface area contributed by atoms with E-state index in [1.54, 1.807) is 18.3 Å². The van der Waals surface area contributed by atoms with Gasteiger partial charge in [-0.25, -0.2) is 9.78 Å². The molecule has 1 aromatic heterocycles. The number of carbonyl (C=O) groups is 3. The summed E-state index contributed by atoms with van der Waals surface area (Å²) in [5.41, 5.74) is 1.52. The third-order valence-electron chi connectivity index (χ3n) is 12.3. The number of alkyl halides is 3. The summed E-state index contributed by atoms with van der Waals surface area (Å²) in [7, 11) is -4.21. The van der Waals surface area contributed by atoms with Gasteiger partial charge in [-0.05, 0) is 121 Å². The van der Waals surface area contributed by atoms with E-state index < -0.39 is 68.3 Å². The maximum absolute atomic E-state index is 14.8. The lowest BCUT2D eigenvalue weighted by molar-refractivity contribution is -0.160. The quantitative estimate of drug-likeness (QED) is 0.0368. The fraction of sp³-hybridized carbons (Fsp3) is 0.783. The van der Waals surface area contributed by atoms with E-state index >= 15 is 0 Å². The predicted molar refractivity (Wildman–Crippen MR) is 261 cm³/mol. The molecule has 5 atom stereocenters. The number of rotatable bonds is 27. The van der Waals surface area contributed by atoms with Crippen molar-refractivity contribution < 1.29 is 37.4 Å². The molecule has 61 heavy (non-hydrogen) atoms. The van der Waals surface area contributed by atoms with Crippen molar-refractivity contribution in [2.24, 2.45) is 17.3 Å². The Balaban J connectivity index is 3.43. The molecule has 15 heteroatoms. The number of ether oxygens (including phenoxy) is 3. The van der Waals surface area contributed by atoms with Crippen LogP contribution in [0, 0.1) is 24.2 Å². The van der Waals surface area contributed by atoms with Gasteiger partial charge in [-0.3, -0.25) is 9.59 Å². The van der Waals surface area contributed by atoms with E-state index in [0.29, 0.717) is 6.42 Å². The Kier molecular flexibility index (Phi) is 24.6. The van der Waals surface area contributed by atoms with E-state index in [-0.39, 0.29) is 24.2 Å². The minimum atomic E-state index is -2.30. The summed E-state index contributed by atoms with van der Waals surface area (Å²) < 4.78 is 29.1. The van der Waals surface area contributed by atoms with Gasteiger partial charge in [0.1, 0.15) is 24.1 Å². The van der Waals surface area contributed by atoms with Gasteiger partial charge in [-0.1, -0.05) is 116 Å². The summed E-state index contributed by atoms with van der Waals surface area (Å²) in [6.07, 6.45) is 4.67. The molecule has 0 aliphatic rings. The molecular weight excluding hydrogens is 889 g/mol. The van der Waals surface area contributed by atoms with Gasteiger partial charge >= 0.3 is 12.1 Å². The highest BCUT2D eigenvalue weighted by Crippen LogP contribution is 2.39. The van der Waals surface area contributed by atoms with Crippen LogP contribution < -0.4 is 0 Å². The second-order valence-electron chi connectivity index (χ2n) is 18.4. The Morgan fingerprint density at radius 1 is 0.869 bits per heavy atom. The summed E-state index contributed by atoms with van der Waals surface area (Å²) in [6, 6.07) is 5.71. The number of hydrogen-bond acceptors (Lipinski definition) is 10. The highest BCUT2D eigenvalue weighted by molar-refractivity contribution is 7.09. The van der Waals surface area contributed by atoms with Gasteiger partial charge in [0.05, 0.1) is 35.2 Å². The molecular formula is C46H80Cl3NO8SSi2. The fourth-order valence-electron chi connectivity index (χ4n) is 7.85. The normalized spacial score (nSPS) is 16.1. The molecule has 0 radical (unpaired) electrons. The van der Waals surface area contributed by atoms with Crippen LogP contribution in [0.25, 0.3) is 6.08 Å². The third-order valence-corrected chi connectivity index (χ3v) is 22.8. The van der Waals surface area contributed by atoms with Gasteiger partial charge in [-0.15, -0.1) is 11.3 Å². The van der Waals surface area contributed by atoms with E-state index in [1.807, 2.05) is 48.5 Å². The van der Waals surface area contributed by atoms with Crippen molar-refractivity contribution in [2.75, 3.05) is 6.61 Å². The highest BCUT2D eigenvalue weighted by atomic mass is 35.6. The number of aryl methyl sites for hydroxylation is 1. The molecule has 0 amide bonds. The van der Waals surface area contributed by atoms with Crippen molar-refractivity contribution in [3.63, 3.8) is 0 Å². The number of thiazole rings is 1. The second kappa shape index (κ2) is 26.0. The Morgan fingerprint density at radius 2 is 1.41 bits per heavy atom. The average Bonchev–Trinajstić information content (AvgIpc) is 3.60. The van der Waals surface area contributed by atoms with Crippen molar-refractivity contribution >= 4 is 86.8 Å². The molecule has 352 valence electrons. The van der Waals surface area contributed by atoms with Crippen LogP contribution in [0.15, 0.2) is 22.6 Å². The first kappa shape index (κ1) is 57.8. The van der Waals surface area contributed by atoms with Gasteiger partial charge in [0.2, 0.25) is 3.79 Å². The van der Waals surface area contributed by atoms with Gasteiger partial charge in [0.25, 0.3) is 0 Å². The van der Waals surface area contributed by atoms with E-state index in [1.165, 1.54) is 11.1 Å². The van der Waals surface area contributed by atoms with E-state index in [9.17, 15) is 14.4 Å². The number of aromatic nitrogens is 1. The molecule has 1 aromatic rings. The van der Waals surface area contributed by atoms with Crippen LogP contribution in [-0.4, -0.2) is 73.8 Å². The number of allylic oxidation sites excluding steroid dienone is 1. The van der Waals surface area contributed by atoms with Crippen molar-refractivity contribution in [2.45, 2.75) is 207 Å². The molecule has 9 nitrogen and oxygen atoms in total. The number of Topliss-reactive ketones (excluding diaryl/α,β-unsaturated/α-hetero) is 1. The third kappa shape index (κ3) is 19.8. The molecule has 0 spiro atoms. The number of ketones is 1. The van der Waals surface area contributed by atoms with Gasteiger partial charge in [-0.2, -0.15) is 0 Å². The minimum absolute atomic E-state index is 0.0444. The first-order chi connectivity index (χ1) is 28.2. The van der Waals surface area contributed by atoms with Crippen LogP contribution in [0.1, 0.15) is 147 Å². The first-order valence-corrected chi connectivity index (χ1v) is 29.5. The zero-order valence-corrected chi connectivity index (χ0v) is 45.4. The van der Waals surface area contributed by atoms with Crippen molar-refractivity contribution in [3.05, 3.63) is 33.3 Å². The van der Waals surface area contributed by atoms with Crippen LogP contribution in [-0.2, 0) is 32.7 Å². The Labute approximate surface area is 391 Å². The zero-order valence-electron chi connectivity index (χ0n) is 40.4.